The Morgan fingerprint density at radius 2 is 1.66 bits per heavy atom. The number of aromatic amines is 1. The number of benzene rings is 1. The first kappa shape index (κ1) is 39.1. The molecule has 1 aromatic carbocycles. The molecule has 15 nitrogen and oxygen atoms in total. The average Bonchev–Trinajstić information content (AvgIpc) is 3.89. The van der Waals surface area contributed by atoms with Crippen LogP contribution >= 0.6 is 11.3 Å². The molecule has 0 aliphatic carbocycles. The van der Waals surface area contributed by atoms with E-state index in [1.54, 1.807) is 25.5 Å². The molecule has 4 heterocycles. The van der Waals surface area contributed by atoms with Gasteiger partial charge in [0, 0.05) is 75.4 Å². The van der Waals surface area contributed by atoms with Gasteiger partial charge in [0.15, 0.2) is 0 Å². The number of hydrogen-bond donors (Lipinski definition) is 4. The summed E-state index contributed by atoms with van der Waals surface area (Å²) in [5, 5.41) is 16.4. The zero-order chi connectivity index (χ0) is 38.2. The maximum Gasteiger partial charge on any atom is 0.271 e. The number of thiazole rings is 1. The number of nitrogens with one attached hydrogen (secondary N) is 4. The van der Waals surface area contributed by atoms with E-state index in [-0.39, 0.29) is 49.5 Å². The molecule has 1 aliphatic rings. The number of carbonyl (C=O) groups is 5. The van der Waals surface area contributed by atoms with Crippen molar-refractivity contribution in [3.63, 3.8) is 0 Å². The van der Waals surface area contributed by atoms with Crippen LogP contribution in [0.5, 0.6) is 0 Å². The standard InChI is InChI=1S/C37H50N10O5S/c1-7-47-13-12-26(43-47)19-46-15-14-44(5)36(51)24(4)39-32(48)20-45(6)37(52)30(17-25-18-38-28-11-9-8-10-27(25)28)41-34(50)31-22-53-35(42-31)29(16-23(2)3)40-33(49)21-46/h8-13,18,22-24,29-30,38H,7,14-17,19-21H2,1-6H3,(H,39,48)(H,40,49)(H,41,50)/t24-,29-,30+/m0/s1. The molecule has 0 unspecified atom stereocenters. The zero-order valence-electron chi connectivity index (χ0n) is 31.2. The molecule has 0 saturated heterocycles. The Balaban J connectivity index is 1.44. The van der Waals surface area contributed by atoms with Crippen LogP contribution in [-0.4, -0.2) is 116 Å². The third-order valence-electron chi connectivity index (χ3n) is 9.20. The summed E-state index contributed by atoms with van der Waals surface area (Å²) in [5.41, 5.74) is 2.62. The second-order valence-electron chi connectivity index (χ2n) is 14.0. The van der Waals surface area contributed by atoms with Crippen molar-refractivity contribution in [3.05, 3.63) is 70.1 Å². The van der Waals surface area contributed by atoms with Crippen molar-refractivity contribution in [2.24, 2.45) is 5.92 Å². The number of carbonyl (C=O) groups excluding carboxylic acids is 5. The zero-order valence-corrected chi connectivity index (χ0v) is 32.0. The fourth-order valence-electron chi connectivity index (χ4n) is 6.39. The molecule has 0 radical (unpaired) electrons. The Bertz CT molecular complexity index is 1920. The highest BCUT2D eigenvalue weighted by Gasteiger charge is 2.30. The van der Waals surface area contributed by atoms with Gasteiger partial charge in [-0.25, -0.2) is 4.98 Å². The largest absolute Gasteiger partial charge is 0.361 e. The number of H-pyrrole nitrogens is 1. The minimum absolute atomic E-state index is 0.0323. The second-order valence-corrected chi connectivity index (χ2v) is 14.9. The second kappa shape index (κ2) is 17.6. The highest BCUT2D eigenvalue weighted by molar-refractivity contribution is 7.09. The van der Waals surface area contributed by atoms with Crippen LogP contribution in [0.15, 0.2) is 48.1 Å². The van der Waals surface area contributed by atoms with E-state index in [0.29, 0.717) is 31.1 Å². The number of para-hydroxylation sites is 1. The summed E-state index contributed by atoms with van der Waals surface area (Å²) in [4.78, 5) is 80.4. The molecule has 5 amide bonds. The van der Waals surface area contributed by atoms with Crippen LogP contribution in [0, 0.1) is 5.92 Å². The number of aryl methyl sites for hydroxylation is 1. The number of nitrogens with zero attached hydrogens (tertiary/aromatic N) is 6. The number of fused-ring (bicyclic) bond motifs is 3. The SMILES string of the molecule is CCn1ccc(CN2CCN(C)C(=O)[C@H](C)NC(=O)CN(C)C(=O)[C@@H](Cc3c[nH]c4ccccc34)NC(=O)c3csc(n3)[C@H](CC(C)C)NC(=O)C2)n1. The van der Waals surface area contributed by atoms with Crippen molar-refractivity contribution in [1.29, 1.82) is 0 Å². The van der Waals surface area contributed by atoms with E-state index in [4.69, 9.17) is 0 Å². The molecule has 4 aromatic rings. The molecule has 0 fully saturated rings. The van der Waals surface area contributed by atoms with E-state index < -0.39 is 35.8 Å². The Kier molecular flexibility index (Phi) is 13.0. The van der Waals surface area contributed by atoms with Gasteiger partial charge in [-0.15, -0.1) is 11.3 Å². The van der Waals surface area contributed by atoms with Crippen LogP contribution in [0.4, 0.5) is 0 Å². The number of hydrogen-bond acceptors (Lipinski definition) is 9. The van der Waals surface area contributed by atoms with E-state index in [2.05, 4.69) is 31.0 Å². The first-order valence-electron chi connectivity index (χ1n) is 18.0. The van der Waals surface area contributed by atoms with Crippen molar-refractivity contribution in [2.75, 3.05) is 40.3 Å². The summed E-state index contributed by atoms with van der Waals surface area (Å²) >= 11 is 1.27. The maximum atomic E-state index is 13.9. The lowest BCUT2D eigenvalue weighted by molar-refractivity contribution is -0.138. The van der Waals surface area contributed by atoms with Gasteiger partial charge in [-0.05, 0) is 43.9 Å². The van der Waals surface area contributed by atoms with Crippen LogP contribution in [0.25, 0.3) is 10.9 Å². The number of aromatic nitrogens is 4. The Morgan fingerprint density at radius 3 is 2.40 bits per heavy atom. The van der Waals surface area contributed by atoms with Gasteiger partial charge in [0.1, 0.15) is 22.8 Å². The van der Waals surface area contributed by atoms with Crippen LogP contribution in [0.3, 0.4) is 0 Å². The Morgan fingerprint density at radius 1 is 0.906 bits per heavy atom. The highest BCUT2D eigenvalue weighted by atomic mass is 32.1. The monoisotopic (exact) mass is 746 g/mol. The van der Waals surface area contributed by atoms with Crippen molar-refractivity contribution in [1.82, 2.24) is 50.4 Å². The lowest BCUT2D eigenvalue weighted by atomic mass is 10.0. The van der Waals surface area contributed by atoms with Gasteiger partial charge in [0.2, 0.25) is 23.6 Å². The minimum atomic E-state index is -1.04. The summed E-state index contributed by atoms with van der Waals surface area (Å²) in [6.07, 6.45) is 4.43. The predicted octanol–water partition coefficient (Wildman–Crippen LogP) is 2.32. The van der Waals surface area contributed by atoms with Gasteiger partial charge in [-0.2, -0.15) is 5.10 Å². The molecular formula is C37H50N10O5S. The van der Waals surface area contributed by atoms with E-state index in [1.807, 2.05) is 66.9 Å². The molecule has 53 heavy (non-hydrogen) atoms. The fourth-order valence-corrected chi connectivity index (χ4v) is 7.25. The molecule has 4 N–H and O–H groups in total. The van der Waals surface area contributed by atoms with Crippen LogP contribution in [-0.2, 0) is 38.7 Å². The molecule has 16 heteroatoms. The summed E-state index contributed by atoms with van der Waals surface area (Å²) < 4.78 is 1.81. The summed E-state index contributed by atoms with van der Waals surface area (Å²) in [7, 11) is 3.14. The summed E-state index contributed by atoms with van der Waals surface area (Å²) in [6.45, 7) is 9.13. The number of amides is 5. The number of likely N-dealkylation sites (N-methyl/N-ethyl adjacent to an activating group) is 2. The minimum Gasteiger partial charge on any atom is -0.361 e. The van der Waals surface area contributed by atoms with E-state index >= 15 is 0 Å². The summed E-state index contributed by atoms with van der Waals surface area (Å²) in [5.74, 6) is -1.91. The molecule has 1 aliphatic heterocycles. The number of rotatable bonds is 7. The molecule has 284 valence electrons. The third kappa shape index (κ3) is 10.3. The van der Waals surface area contributed by atoms with Gasteiger partial charge in [-0.1, -0.05) is 32.0 Å². The van der Waals surface area contributed by atoms with Crippen molar-refractivity contribution < 1.29 is 24.0 Å². The van der Waals surface area contributed by atoms with Crippen molar-refractivity contribution >= 4 is 51.8 Å². The molecule has 2 bridgehead atoms. The smallest absolute Gasteiger partial charge is 0.271 e. The lowest BCUT2D eigenvalue weighted by Gasteiger charge is -2.28. The van der Waals surface area contributed by atoms with E-state index in [9.17, 15) is 24.0 Å². The first-order valence-corrected chi connectivity index (χ1v) is 18.8. The first-order chi connectivity index (χ1) is 25.3. The molecule has 3 atom stereocenters. The van der Waals surface area contributed by atoms with E-state index in [1.165, 1.54) is 28.2 Å². The van der Waals surface area contributed by atoms with Crippen molar-refractivity contribution in [2.45, 2.75) is 71.8 Å². The Hall–Kier alpha value is -5.09. The van der Waals surface area contributed by atoms with Gasteiger partial charge in [0.05, 0.1) is 24.8 Å². The summed E-state index contributed by atoms with van der Waals surface area (Å²) in [6, 6.07) is 7.20. The van der Waals surface area contributed by atoms with E-state index in [0.717, 1.165) is 22.2 Å². The van der Waals surface area contributed by atoms with Gasteiger partial charge >= 0.3 is 0 Å². The maximum absolute atomic E-state index is 13.9. The lowest BCUT2D eigenvalue weighted by Crippen LogP contribution is -2.53. The predicted molar refractivity (Wildman–Crippen MR) is 202 cm³/mol. The van der Waals surface area contributed by atoms with Crippen LogP contribution in [0.2, 0.25) is 0 Å². The quantitative estimate of drug-likeness (QED) is 0.223. The van der Waals surface area contributed by atoms with Gasteiger partial charge < -0.3 is 30.7 Å². The molecule has 3 aromatic heterocycles. The fraction of sp³-hybridized carbons (Fsp3) is 0.486. The van der Waals surface area contributed by atoms with Crippen LogP contribution in [0.1, 0.15) is 66.9 Å². The normalized spacial score (nSPS) is 20.7. The van der Waals surface area contributed by atoms with Gasteiger partial charge in [-0.3, -0.25) is 33.6 Å². The van der Waals surface area contributed by atoms with Crippen molar-refractivity contribution in [3.8, 4) is 0 Å². The van der Waals surface area contributed by atoms with Gasteiger partial charge in [0.25, 0.3) is 5.91 Å². The van der Waals surface area contributed by atoms with Crippen LogP contribution < -0.4 is 16.0 Å². The average molecular weight is 747 g/mol. The molecule has 0 saturated carbocycles. The topological polar surface area (TPSA) is 178 Å². The third-order valence-corrected chi connectivity index (χ3v) is 10.2. The highest BCUT2D eigenvalue weighted by Crippen LogP contribution is 2.25. The molecule has 5 rings (SSSR count). The molecule has 0 spiro atoms. The molecular weight excluding hydrogens is 697 g/mol. The Labute approximate surface area is 313 Å².